The molecule has 0 aromatic heterocycles. The van der Waals surface area contributed by atoms with Crippen LogP contribution in [-0.4, -0.2) is 25.8 Å². The summed E-state index contributed by atoms with van der Waals surface area (Å²) in [5.41, 5.74) is 0.562. The van der Waals surface area contributed by atoms with Gasteiger partial charge in [-0.05, 0) is 39.0 Å². The zero-order valence-corrected chi connectivity index (χ0v) is 12.5. The van der Waals surface area contributed by atoms with Crippen molar-refractivity contribution in [3.8, 4) is 17.6 Å². The summed E-state index contributed by atoms with van der Waals surface area (Å²) in [6, 6.07) is 7.08. The molecule has 0 heterocycles. The summed E-state index contributed by atoms with van der Waals surface area (Å²) in [6.07, 6.45) is 1.46. The lowest BCUT2D eigenvalue weighted by atomic mass is 10.1. The van der Waals surface area contributed by atoms with Crippen molar-refractivity contribution < 1.29 is 19.0 Å². The van der Waals surface area contributed by atoms with Crippen molar-refractivity contribution in [3.63, 3.8) is 0 Å². The number of nitrogens with zero attached hydrogens (tertiary/aromatic N) is 1. The molecule has 0 saturated carbocycles. The van der Waals surface area contributed by atoms with Crippen molar-refractivity contribution in [2.75, 3.05) is 19.8 Å². The molecule has 112 valence electrons. The maximum atomic E-state index is 11.6. The van der Waals surface area contributed by atoms with Gasteiger partial charge >= 0.3 is 5.97 Å². The fourth-order valence-corrected chi connectivity index (χ4v) is 1.67. The standard InChI is InChI=1S/C16H19NO4/c1-4-19-14-8-7-12(15(10-14)20-5-2)9-13(11-17)16(18)21-6-3/h7-10H,4-6H2,1-3H3. The average Bonchev–Trinajstić information content (AvgIpc) is 2.47. The molecule has 0 aliphatic rings. The summed E-state index contributed by atoms with van der Waals surface area (Å²) in [6.45, 7) is 6.68. The van der Waals surface area contributed by atoms with E-state index in [1.807, 2.05) is 19.9 Å². The van der Waals surface area contributed by atoms with Gasteiger partial charge in [-0.25, -0.2) is 4.79 Å². The highest BCUT2D eigenvalue weighted by molar-refractivity contribution is 5.98. The van der Waals surface area contributed by atoms with Gasteiger partial charge in [-0.15, -0.1) is 0 Å². The Morgan fingerprint density at radius 1 is 1.19 bits per heavy atom. The van der Waals surface area contributed by atoms with E-state index >= 15 is 0 Å². The summed E-state index contributed by atoms with van der Waals surface area (Å²) in [5.74, 6) is 0.588. The van der Waals surface area contributed by atoms with Crippen LogP contribution in [0.1, 0.15) is 26.3 Å². The maximum absolute atomic E-state index is 11.6. The van der Waals surface area contributed by atoms with Crippen LogP contribution in [0.2, 0.25) is 0 Å². The lowest BCUT2D eigenvalue weighted by Gasteiger charge is -2.10. The molecule has 1 aromatic carbocycles. The fourth-order valence-electron chi connectivity index (χ4n) is 1.67. The van der Waals surface area contributed by atoms with Gasteiger partial charge in [0, 0.05) is 11.6 Å². The fraction of sp³-hybridized carbons (Fsp3) is 0.375. The number of carbonyl (C=O) groups excluding carboxylic acids is 1. The zero-order chi connectivity index (χ0) is 15.7. The van der Waals surface area contributed by atoms with Crippen LogP contribution in [0.5, 0.6) is 11.5 Å². The minimum Gasteiger partial charge on any atom is -0.494 e. The first-order valence-electron chi connectivity index (χ1n) is 6.84. The molecule has 1 rings (SSSR count). The number of hydrogen-bond acceptors (Lipinski definition) is 5. The quantitative estimate of drug-likeness (QED) is 0.438. The Bertz CT molecular complexity index is 558. The highest BCUT2D eigenvalue weighted by atomic mass is 16.5. The van der Waals surface area contributed by atoms with Gasteiger partial charge in [-0.3, -0.25) is 0 Å². The maximum Gasteiger partial charge on any atom is 0.348 e. The van der Waals surface area contributed by atoms with E-state index in [0.717, 1.165) is 0 Å². The van der Waals surface area contributed by atoms with Crippen LogP contribution >= 0.6 is 0 Å². The number of ether oxygens (including phenoxy) is 3. The first kappa shape index (κ1) is 16.6. The van der Waals surface area contributed by atoms with E-state index < -0.39 is 5.97 Å². The van der Waals surface area contributed by atoms with Crippen LogP contribution in [0.15, 0.2) is 23.8 Å². The number of nitriles is 1. The highest BCUT2D eigenvalue weighted by Crippen LogP contribution is 2.27. The van der Waals surface area contributed by atoms with Crippen LogP contribution in [0, 0.1) is 11.3 Å². The Labute approximate surface area is 124 Å². The monoisotopic (exact) mass is 289 g/mol. The van der Waals surface area contributed by atoms with Crippen LogP contribution in [0.25, 0.3) is 6.08 Å². The molecule has 5 nitrogen and oxygen atoms in total. The average molecular weight is 289 g/mol. The molecule has 0 amide bonds. The third kappa shape index (κ3) is 4.84. The molecule has 5 heteroatoms. The Morgan fingerprint density at radius 3 is 2.48 bits per heavy atom. The van der Waals surface area contributed by atoms with E-state index in [0.29, 0.717) is 30.3 Å². The minimum atomic E-state index is -0.642. The molecule has 21 heavy (non-hydrogen) atoms. The van der Waals surface area contributed by atoms with Gasteiger partial charge in [0.25, 0.3) is 0 Å². The molecular weight excluding hydrogens is 270 g/mol. The van der Waals surface area contributed by atoms with Crippen molar-refractivity contribution in [2.45, 2.75) is 20.8 Å². The lowest BCUT2D eigenvalue weighted by Crippen LogP contribution is -2.06. The number of carbonyl (C=O) groups is 1. The first-order chi connectivity index (χ1) is 10.2. The predicted octanol–water partition coefficient (Wildman–Crippen LogP) is 2.95. The number of esters is 1. The van der Waals surface area contributed by atoms with E-state index in [1.165, 1.54) is 6.08 Å². The molecule has 0 N–H and O–H groups in total. The smallest absolute Gasteiger partial charge is 0.348 e. The first-order valence-corrected chi connectivity index (χ1v) is 6.84. The van der Waals surface area contributed by atoms with Gasteiger partial charge in [0.1, 0.15) is 23.1 Å². The second-order valence-corrected chi connectivity index (χ2v) is 3.96. The van der Waals surface area contributed by atoms with Gasteiger partial charge in [0.2, 0.25) is 0 Å². The van der Waals surface area contributed by atoms with Crippen LogP contribution in [0.3, 0.4) is 0 Å². The summed E-state index contributed by atoms with van der Waals surface area (Å²) in [4.78, 5) is 11.6. The number of hydrogen-bond donors (Lipinski definition) is 0. The minimum absolute atomic E-state index is 0.0676. The third-order valence-corrected chi connectivity index (χ3v) is 2.51. The lowest BCUT2D eigenvalue weighted by molar-refractivity contribution is -0.137. The Kier molecular flexibility index (Phi) is 6.82. The van der Waals surface area contributed by atoms with Crippen molar-refractivity contribution in [1.29, 1.82) is 5.26 Å². The van der Waals surface area contributed by atoms with E-state index in [-0.39, 0.29) is 12.2 Å². The predicted molar refractivity (Wildman–Crippen MR) is 79.0 cm³/mol. The van der Waals surface area contributed by atoms with E-state index in [4.69, 9.17) is 19.5 Å². The topological polar surface area (TPSA) is 68.6 Å². The third-order valence-electron chi connectivity index (χ3n) is 2.51. The van der Waals surface area contributed by atoms with E-state index in [9.17, 15) is 4.79 Å². The van der Waals surface area contributed by atoms with Gasteiger partial charge in [0.15, 0.2) is 0 Å². The van der Waals surface area contributed by atoms with Crippen LogP contribution in [-0.2, 0) is 9.53 Å². The summed E-state index contributed by atoms with van der Waals surface area (Å²) in [7, 11) is 0. The van der Waals surface area contributed by atoms with E-state index in [2.05, 4.69) is 0 Å². The second-order valence-electron chi connectivity index (χ2n) is 3.96. The van der Waals surface area contributed by atoms with Gasteiger partial charge < -0.3 is 14.2 Å². The van der Waals surface area contributed by atoms with Gasteiger partial charge in [-0.2, -0.15) is 5.26 Å². The molecule has 0 atom stereocenters. The molecule has 1 aromatic rings. The van der Waals surface area contributed by atoms with Gasteiger partial charge in [-0.1, -0.05) is 0 Å². The molecule has 0 unspecified atom stereocenters. The number of rotatable bonds is 7. The Balaban J connectivity index is 3.15. The molecule has 0 saturated heterocycles. The molecule has 0 spiro atoms. The molecule has 0 radical (unpaired) electrons. The zero-order valence-electron chi connectivity index (χ0n) is 12.5. The van der Waals surface area contributed by atoms with Gasteiger partial charge in [0.05, 0.1) is 19.8 Å². The van der Waals surface area contributed by atoms with Crippen LogP contribution < -0.4 is 9.47 Å². The molecule has 0 fully saturated rings. The van der Waals surface area contributed by atoms with Crippen LogP contribution in [0.4, 0.5) is 0 Å². The molecule has 0 aliphatic carbocycles. The normalized spacial score (nSPS) is 10.7. The largest absolute Gasteiger partial charge is 0.494 e. The number of benzene rings is 1. The summed E-state index contributed by atoms with van der Waals surface area (Å²) >= 11 is 0. The molecule has 0 bridgehead atoms. The van der Waals surface area contributed by atoms with Crippen molar-refractivity contribution in [1.82, 2.24) is 0 Å². The SMILES string of the molecule is CCOC(=O)C(C#N)=Cc1ccc(OCC)cc1OCC. The highest BCUT2D eigenvalue weighted by Gasteiger charge is 2.12. The second kappa shape index (κ2) is 8.64. The van der Waals surface area contributed by atoms with E-state index in [1.54, 1.807) is 25.1 Å². The molecular formula is C16H19NO4. The Hall–Kier alpha value is -2.48. The summed E-state index contributed by atoms with van der Waals surface area (Å²) < 4.78 is 15.8. The Morgan fingerprint density at radius 2 is 1.90 bits per heavy atom. The molecule has 0 aliphatic heterocycles. The van der Waals surface area contributed by atoms with Crippen molar-refractivity contribution in [3.05, 3.63) is 29.3 Å². The summed E-state index contributed by atoms with van der Waals surface area (Å²) in [5, 5.41) is 9.06. The van der Waals surface area contributed by atoms with Crippen molar-refractivity contribution in [2.24, 2.45) is 0 Å². The van der Waals surface area contributed by atoms with Crippen molar-refractivity contribution >= 4 is 12.0 Å².